The predicted molar refractivity (Wildman–Crippen MR) is 74.4 cm³/mol. The van der Waals surface area contributed by atoms with Crippen LogP contribution in [-0.4, -0.2) is 5.11 Å². The Hall–Kier alpha value is -0.820. The lowest BCUT2D eigenvalue weighted by Crippen LogP contribution is -2.33. The molecule has 2 unspecified atom stereocenters. The van der Waals surface area contributed by atoms with Crippen molar-refractivity contribution in [2.45, 2.75) is 57.5 Å². The molecule has 1 aromatic rings. The van der Waals surface area contributed by atoms with Crippen LogP contribution in [0.15, 0.2) is 24.3 Å². The van der Waals surface area contributed by atoms with Crippen molar-refractivity contribution in [1.82, 2.24) is 0 Å². The molecule has 1 aromatic carbocycles. The number of rotatable bonds is 3. The number of hydrogen-bond acceptors (Lipinski definition) is 1. The highest BCUT2D eigenvalue weighted by Crippen LogP contribution is 2.49. The van der Waals surface area contributed by atoms with Gasteiger partial charge in [-0.15, -0.1) is 0 Å². The molecule has 2 fully saturated rings. The van der Waals surface area contributed by atoms with Crippen molar-refractivity contribution in [3.8, 4) is 0 Å². The highest BCUT2D eigenvalue weighted by Gasteiger charge is 2.41. The summed E-state index contributed by atoms with van der Waals surface area (Å²) in [6.45, 7) is 2.18. The lowest BCUT2D eigenvalue weighted by atomic mass is 9.72. The molecule has 0 aromatic heterocycles. The molecule has 0 saturated heterocycles. The van der Waals surface area contributed by atoms with Crippen LogP contribution < -0.4 is 0 Å². The van der Waals surface area contributed by atoms with Crippen LogP contribution in [0.5, 0.6) is 0 Å². The first-order chi connectivity index (χ1) is 8.71. The zero-order chi connectivity index (χ0) is 12.6. The monoisotopic (exact) mass is 244 g/mol. The molecular weight excluding hydrogens is 220 g/mol. The van der Waals surface area contributed by atoms with Gasteiger partial charge in [0.25, 0.3) is 0 Å². The maximum Gasteiger partial charge on any atom is 0.0899 e. The van der Waals surface area contributed by atoms with E-state index in [-0.39, 0.29) is 0 Å². The summed E-state index contributed by atoms with van der Waals surface area (Å²) in [4.78, 5) is 0. The molecule has 0 radical (unpaired) electrons. The Labute approximate surface area is 110 Å². The zero-order valence-electron chi connectivity index (χ0n) is 11.4. The molecule has 1 N–H and O–H groups in total. The zero-order valence-corrected chi connectivity index (χ0v) is 11.4. The molecule has 98 valence electrons. The second kappa shape index (κ2) is 4.70. The van der Waals surface area contributed by atoms with Gasteiger partial charge in [-0.1, -0.05) is 31.2 Å². The molecule has 18 heavy (non-hydrogen) atoms. The first-order valence-electron chi connectivity index (χ1n) is 7.53. The van der Waals surface area contributed by atoms with E-state index in [0.29, 0.717) is 0 Å². The fraction of sp³-hybridized carbons (Fsp3) is 0.647. The first kappa shape index (κ1) is 12.2. The highest BCUT2D eigenvalue weighted by atomic mass is 16.3. The molecule has 0 amide bonds. The molecule has 0 aliphatic heterocycles. The normalized spacial score (nSPS) is 32.4. The molecular formula is C17H24O. The van der Waals surface area contributed by atoms with Gasteiger partial charge >= 0.3 is 0 Å². The minimum absolute atomic E-state index is 0.545. The van der Waals surface area contributed by atoms with E-state index >= 15 is 0 Å². The summed E-state index contributed by atoms with van der Waals surface area (Å²) in [5.74, 6) is 1.69. The Balaban J connectivity index is 1.83. The first-order valence-corrected chi connectivity index (χ1v) is 7.53. The van der Waals surface area contributed by atoms with Crippen molar-refractivity contribution < 1.29 is 5.11 Å². The Kier molecular flexibility index (Phi) is 3.19. The Morgan fingerprint density at radius 3 is 2.78 bits per heavy atom. The van der Waals surface area contributed by atoms with Crippen molar-refractivity contribution in [2.75, 3.05) is 0 Å². The van der Waals surface area contributed by atoms with Crippen LogP contribution in [0, 0.1) is 11.8 Å². The van der Waals surface area contributed by atoms with Gasteiger partial charge in [0, 0.05) is 0 Å². The topological polar surface area (TPSA) is 20.2 Å². The maximum absolute atomic E-state index is 11.0. The van der Waals surface area contributed by atoms with E-state index in [0.717, 1.165) is 36.7 Å². The van der Waals surface area contributed by atoms with Crippen LogP contribution in [0.1, 0.15) is 56.6 Å². The summed E-state index contributed by atoms with van der Waals surface area (Å²) in [5.41, 5.74) is 1.96. The van der Waals surface area contributed by atoms with Crippen LogP contribution >= 0.6 is 0 Å². The lowest BCUT2D eigenvalue weighted by molar-refractivity contribution is -0.0251. The van der Waals surface area contributed by atoms with Gasteiger partial charge in [-0.05, 0) is 67.9 Å². The smallest absolute Gasteiger partial charge is 0.0899 e. The SMILES string of the molecule is CCc1cccc(C2(O)CCCC(C3CC3)C2)c1. The van der Waals surface area contributed by atoms with Crippen molar-refractivity contribution in [1.29, 1.82) is 0 Å². The summed E-state index contributed by atoms with van der Waals surface area (Å²) < 4.78 is 0. The number of benzene rings is 1. The van der Waals surface area contributed by atoms with E-state index in [1.807, 2.05) is 0 Å². The number of hydrogen-bond donors (Lipinski definition) is 1. The molecule has 2 saturated carbocycles. The van der Waals surface area contributed by atoms with Gasteiger partial charge in [0.2, 0.25) is 0 Å². The van der Waals surface area contributed by atoms with Crippen LogP contribution in [-0.2, 0) is 12.0 Å². The molecule has 2 aliphatic rings. The summed E-state index contributed by atoms with van der Waals surface area (Å²) in [6.07, 6.45) is 8.31. The van der Waals surface area contributed by atoms with Crippen LogP contribution in [0.4, 0.5) is 0 Å². The van der Waals surface area contributed by atoms with Crippen LogP contribution in [0.25, 0.3) is 0 Å². The summed E-state index contributed by atoms with van der Waals surface area (Å²) >= 11 is 0. The van der Waals surface area contributed by atoms with Crippen molar-refractivity contribution in [2.24, 2.45) is 11.8 Å². The molecule has 0 bridgehead atoms. The summed E-state index contributed by atoms with van der Waals surface area (Å²) in [6, 6.07) is 8.60. The summed E-state index contributed by atoms with van der Waals surface area (Å²) in [5, 5.41) is 11.0. The third kappa shape index (κ3) is 2.33. The van der Waals surface area contributed by atoms with Gasteiger partial charge in [0.1, 0.15) is 0 Å². The minimum Gasteiger partial charge on any atom is -0.385 e. The third-order valence-electron chi connectivity index (χ3n) is 4.93. The number of aliphatic hydroxyl groups is 1. The van der Waals surface area contributed by atoms with Gasteiger partial charge in [-0.25, -0.2) is 0 Å². The predicted octanol–water partition coefficient (Wildman–Crippen LogP) is 4.04. The highest BCUT2D eigenvalue weighted by molar-refractivity contribution is 5.29. The van der Waals surface area contributed by atoms with Gasteiger partial charge in [0.15, 0.2) is 0 Å². The molecule has 1 nitrogen and oxygen atoms in total. The quantitative estimate of drug-likeness (QED) is 0.851. The average Bonchev–Trinajstić information content (AvgIpc) is 3.23. The fourth-order valence-electron chi connectivity index (χ4n) is 3.61. The standard InChI is InChI=1S/C17H24O/c1-2-13-5-3-7-16(11-13)17(18)10-4-6-15(12-17)14-8-9-14/h3,5,7,11,14-15,18H,2,4,6,8-10,12H2,1H3. The maximum atomic E-state index is 11.0. The molecule has 1 heteroatoms. The number of aryl methyl sites for hydroxylation is 1. The molecule has 0 heterocycles. The molecule has 2 aliphatic carbocycles. The van der Waals surface area contributed by atoms with Gasteiger partial charge in [-0.2, -0.15) is 0 Å². The van der Waals surface area contributed by atoms with E-state index in [1.54, 1.807) is 0 Å². The van der Waals surface area contributed by atoms with Crippen LogP contribution in [0.3, 0.4) is 0 Å². The Morgan fingerprint density at radius 2 is 2.06 bits per heavy atom. The molecule has 3 rings (SSSR count). The van der Waals surface area contributed by atoms with E-state index in [9.17, 15) is 5.11 Å². The van der Waals surface area contributed by atoms with Gasteiger partial charge < -0.3 is 5.11 Å². The summed E-state index contributed by atoms with van der Waals surface area (Å²) in [7, 11) is 0. The van der Waals surface area contributed by atoms with Crippen molar-refractivity contribution in [3.63, 3.8) is 0 Å². The largest absolute Gasteiger partial charge is 0.385 e. The van der Waals surface area contributed by atoms with E-state index in [2.05, 4.69) is 31.2 Å². The fourth-order valence-corrected chi connectivity index (χ4v) is 3.61. The Bertz CT molecular complexity index is 421. The van der Waals surface area contributed by atoms with E-state index in [4.69, 9.17) is 0 Å². The molecule has 2 atom stereocenters. The second-order valence-electron chi connectivity index (χ2n) is 6.28. The van der Waals surface area contributed by atoms with Gasteiger partial charge in [-0.3, -0.25) is 0 Å². The van der Waals surface area contributed by atoms with E-state index < -0.39 is 5.60 Å². The van der Waals surface area contributed by atoms with Crippen molar-refractivity contribution in [3.05, 3.63) is 35.4 Å². The molecule has 0 spiro atoms. The Morgan fingerprint density at radius 1 is 1.22 bits per heavy atom. The third-order valence-corrected chi connectivity index (χ3v) is 4.93. The van der Waals surface area contributed by atoms with Gasteiger partial charge in [0.05, 0.1) is 5.60 Å². The average molecular weight is 244 g/mol. The van der Waals surface area contributed by atoms with Crippen LogP contribution in [0.2, 0.25) is 0 Å². The van der Waals surface area contributed by atoms with Crippen molar-refractivity contribution >= 4 is 0 Å². The minimum atomic E-state index is -0.545. The van der Waals surface area contributed by atoms with E-state index in [1.165, 1.54) is 31.2 Å². The second-order valence-corrected chi connectivity index (χ2v) is 6.28. The lowest BCUT2D eigenvalue weighted by Gasteiger charge is -2.37.